The normalized spacial score (nSPS) is 10.4. The number of nitrogens with zero attached hydrogens (tertiary/aromatic N) is 1. The number of carbonyl (C=O) groups excluding carboxylic acids is 1. The molecule has 0 unspecified atom stereocenters. The average molecular weight is 376 g/mol. The van der Waals surface area contributed by atoms with Crippen LogP contribution < -0.4 is 10.6 Å². The van der Waals surface area contributed by atoms with Crippen molar-refractivity contribution in [3.05, 3.63) is 82.4 Å². The molecule has 2 N–H and O–H groups in total. The lowest BCUT2D eigenvalue weighted by Gasteiger charge is -2.10. The maximum Gasteiger partial charge on any atom is 0.274 e. The Morgan fingerprint density at radius 3 is 2.32 bits per heavy atom. The Kier molecular flexibility index (Phi) is 5.16. The Labute approximate surface area is 153 Å². The van der Waals surface area contributed by atoms with Gasteiger partial charge in [0.2, 0.25) is 0 Å². The van der Waals surface area contributed by atoms with E-state index in [-0.39, 0.29) is 11.5 Å². The van der Waals surface area contributed by atoms with Crippen molar-refractivity contribution in [2.24, 2.45) is 0 Å². The number of benzene rings is 2. The molecule has 0 bridgehead atoms. The van der Waals surface area contributed by atoms with Gasteiger partial charge in [0.05, 0.1) is 33.3 Å². The van der Waals surface area contributed by atoms with Gasteiger partial charge in [0.1, 0.15) is 11.5 Å². The van der Waals surface area contributed by atoms with Gasteiger partial charge in [0, 0.05) is 0 Å². The van der Waals surface area contributed by atoms with Crippen LogP contribution in [0.5, 0.6) is 0 Å². The highest BCUT2D eigenvalue weighted by molar-refractivity contribution is 6.40. The lowest BCUT2D eigenvalue weighted by Crippen LogP contribution is -2.14. The standard InChI is InChI=1S/C18H12Cl2FN3O/c19-12-4-3-5-13(20)17(12)24-18(25)16-9-8-11(10-22-16)23-15-7-2-1-6-14(15)21/h1-10,23H,(H,24,25). The summed E-state index contributed by atoms with van der Waals surface area (Å²) in [6.07, 6.45) is 1.44. The molecular formula is C18H12Cl2FN3O. The molecule has 0 radical (unpaired) electrons. The van der Waals surface area contributed by atoms with Crippen molar-refractivity contribution in [3.8, 4) is 0 Å². The number of hydrogen-bond acceptors (Lipinski definition) is 3. The molecule has 0 aliphatic heterocycles. The number of rotatable bonds is 4. The van der Waals surface area contributed by atoms with Gasteiger partial charge in [0.25, 0.3) is 5.91 Å². The van der Waals surface area contributed by atoms with Gasteiger partial charge in [0.15, 0.2) is 0 Å². The van der Waals surface area contributed by atoms with Gasteiger partial charge in [-0.15, -0.1) is 0 Å². The summed E-state index contributed by atoms with van der Waals surface area (Å²) in [5, 5.41) is 6.19. The van der Waals surface area contributed by atoms with Crippen molar-refractivity contribution < 1.29 is 9.18 Å². The van der Waals surface area contributed by atoms with Crippen molar-refractivity contribution in [3.63, 3.8) is 0 Å². The second-order valence-corrected chi connectivity index (χ2v) is 5.90. The topological polar surface area (TPSA) is 54.0 Å². The first-order chi connectivity index (χ1) is 12.0. The third kappa shape index (κ3) is 4.07. The molecule has 1 amide bonds. The molecule has 1 heterocycles. The van der Waals surface area contributed by atoms with Crippen LogP contribution in [0.15, 0.2) is 60.8 Å². The monoisotopic (exact) mass is 375 g/mol. The quantitative estimate of drug-likeness (QED) is 0.630. The van der Waals surface area contributed by atoms with Gasteiger partial charge in [-0.2, -0.15) is 0 Å². The van der Waals surface area contributed by atoms with Crippen molar-refractivity contribution in [2.75, 3.05) is 10.6 Å². The molecule has 0 aliphatic carbocycles. The zero-order valence-corrected chi connectivity index (χ0v) is 14.3. The largest absolute Gasteiger partial charge is 0.352 e. The van der Waals surface area contributed by atoms with Gasteiger partial charge in [-0.25, -0.2) is 9.37 Å². The van der Waals surface area contributed by atoms with Gasteiger partial charge in [-0.3, -0.25) is 4.79 Å². The predicted octanol–water partition coefficient (Wildman–Crippen LogP) is 5.52. The number of nitrogens with one attached hydrogen (secondary N) is 2. The van der Waals surface area contributed by atoms with E-state index in [2.05, 4.69) is 15.6 Å². The van der Waals surface area contributed by atoms with Crippen LogP contribution in [0.1, 0.15) is 10.5 Å². The van der Waals surface area contributed by atoms with E-state index >= 15 is 0 Å². The van der Waals surface area contributed by atoms with Crippen molar-refractivity contribution >= 4 is 46.2 Å². The van der Waals surface area contributed by atoms with Crippen LogP contribution in [0.2, 0.25) is 10.0 Å². The Morgan fingerprint density at radius 1 is 0.960 bits per heavy atom. The van der Waals surface area contributed by atoms with Crippen molar-refractivity contribution in [2.45, 2.75) is 0 Å². The van der Waals surface area contributed by atoms with Crippen LogP contribution in [-0.4, -0.2) is 10.9 Å². The Bertz CT molecular complexity index is 896. The number of anilines is 3. The highest BCUT2D eigenvalue weighted by Crippen LogP contribution is 2.30. The average Bonchev–Trinajstić information content (AvgIpc) is 2.61. The highest BCUT2D eigenvalue weighted by atomic mass is 35.5. The van der Waals surface area contributed by atoms with E-state index < -0.39 is 5.91 Å². The molecule has 1 aromatic heterocycles. The third-order valence-electron chi connectivity index (χ3n) is 3.35. The van der Waals surface area contributed by atoms with Crippen LogP contribution in [0.4, 0.5) is 21.5 Å². The summed E-state index contributed by atoms with van der Waals surface area (Å²) < 4.78 is 13.6. The molecule has 0 fully saturated rings. The van der Waals surface area contributed by atoms with Crippen LogP contribution in [-0.2, 0) is 0 Å². The maximum atomic E-state index is 13.6. The number of para-hydroxylation sites is 2. The van der Waals surface area contributed by atoms with E-state index in [9.17, 15) is 9.18 Å². The minimum Gasteiger partial charge on any atom is -0.352 e. The molecule has 0 saturated carbocycles. The number of carbonyl (C=O) groups is 1. The van der Waals surface area contributed by atoms with Crippen LogP contribution in [0.25, 0.3) is 0 Å². The molecule has 7 heteroatoms. The van der Waals surface area contributed by atoms with E-state index in [1.54, 1.807) is 42.5 Å². The molecular weight excluding hydrogens is 364 g/mol. The molecule has 2 aromatic carbocycles. The summed E-state index contributed by atoms with van der Waals surface area (Å²) in [6.45, 7) is 0. The summed E-state index contributed by atoms with van der Waals surface area (Å²) in [4.78, 5) is 16.3. The van der Waals surface area contributed by atoms with E-state index in [0.29, 0.717) is 27.1 Å². The van der Waals surface area contributed by atoms with Gasteiger partial charge >= 0.3 is 0 Å². The smallest absolute Gasteiger partial charge is 0.274 e. The highest BCUT2D eigenvalue weighted by Gasteiger charge is 2.12. The molecule has 126 valence electrons. The lowest BCUT2D eigenvalue weighted by atomic mass is 10.2. The fraction of sp³-hybridized carbons (Fsp3) is 0. The molecule has 3 rings (SSSR count). The summed E-state index contributed by atoms with van der Waals surface area (Å²) >= 11 is 12.1. The maximum absolute atomic E-state index is 13.6. The number of amides is 1. The van der Waals surface area contributed by atoms with Gasteiger partial charge in [-0.1, -0.05) is 41.4 Å². The fourth-order valence-corrected chi connectivity index (χ4v) is 2.61. The first-order valence-electron chi connectivity index (χ1n) is 7.27. The zero-order chi connectivity index (χ0) is 17.8. The SMILES string of the molecule is O=C(Nc1c(Cl)cccc1Cl)c1ccc(Nc2ccccc2F)cn1. The number of aromatic nitrogens is 1. The summed E-state index contributed by atoms with van der Waals surface area (Å²) in [6, 6.07) is 14.4. The predicted molar refractivity (Wildman–Crippen MR) is 98.3 cm³/mol. The van der Waals surface area contributed by atoms with E-state index in [0.717, 1.165) is 0 Å². The molecule has 3 aromatic rings. The fourth-order valence-electron chi connectivity index (χ4n) is 2.12. The van der Waals surface area contributed by atoms with Crippen LogP contribution >= 0.6 is 23.2 Å². The molecule has 0 aliphatic rings. The minimum absolute atomic E-state index is 0.176. The second kappa shape index (κ2) is 7.51. The Hall–Kier alpha value is -2.63. The van der Waals surface area contributed by atoms with Crippen LogP contribution in [0.3, 0.4) is 0 Å². The number of hydrogen-bond donors (Lipinski definition) is 2. The summed E-state index contributed by atoms with van der Waals surface area (Å²) in [7, 11) is 0. The number of halogens is 3. The van der Waals surface area contributed by atoms with Crippen molar-refractivity contribution in [1.29, 1.82) is 0 Å². The van der Waals surface area contributed by atoms with Gasteiger partial charge in [-0.05, 0) is 36.4 Å². The zero-order valence-electron chi connectivity index (χ0n) is 12.8. The van der Waals surface area contributed by atoms with Crippen LogP contribution in [0, 0.1) is 5.82 Å². The van der Waals surface area contributed by atoms with Gasteiger partial charge < -0.3 is 10.6 Å². The number of pyridine rings is 1. The molecule has 0 spiro atoms. The third-order valence-corrected chi connectivity index (χ3v) is 3.98. The molecule has 0 atom stereocenters. The van der Waals surface area contributed by atoms with E-state index in [1.807, 2.05) is 0 Å². The summed E-state index contributed by atoms with van der Waals surface area (Å²) in [5.41, 5.74) is 1.38. The summed E-state index contributed by atoms with van der Waals surface area (Å²) in [5.74, 6) is -0.829. The van der Waals surface area contributed by atoms with E-state index in [1.165, 1.54) is 18.3 Å². The lowest BCUT2D eigenvalue weighted by molar-refractivity contribution is 0.102. The molecule has 25 heavy (non-hydrogen) atoms. The minimum atomic E-state index is -0.451. The second-order valence-electron chi connectivity index (χ2n) is 5.09. The first kappa shape index (κ1) is 17.2. The first-order valence-corrected chi connectivity index (χ1v) is 8.03. The Morgan fingerprint density at radius 2 is 1.68 bits per heavy atom. The van der Waals surface area contributed by atoms with Crippen molar-refractivity contribution in [1.82, 2.24) is 4.98 Å². The molecule has 4 nitrogen and oxygen atoms in total. The Balaban J connectivity index is 1.74. The molecule has 0 saturated heterocycles. The van der Waals surface area contributed by atoms with E-state index in [4.69, 9.17) is 23.2 Å².